The normalized spacial score (nSPS) is 11.4. The molecule has 0 aliphatic carbocycles. The SMILES string of the molecule is COc1ccc(CCNS(=O)(=O)c2cc(Cl)ccc2Cl)cc1. The number of ether oxygens (including phenoxy) is 1. The van der Waals surface area contributed by atoms with E-state index in [1.807, 2.05) is 24.3 Å². The molecule has 2 rings (SSSR count). The molecule has 0 heterocycles. The summed E-state index contributed by atoms with van der Waals surface area (Å²) in [6.07, 6.45) is 0.557. The molecule has 2 aromatic rings. The third-order valence-electron chi connectivity index (χ3n) is 3.05. The van der Waals surface area contributed by atoms with Gasteiger partial charge >= 0.3 is 0 Å². The van der Waals surface area contributed by atoms with Gasteiger partial charge in [-0.2, -0.15) is 0 Å². The summed E-state index contributed by atoms with van der Waals surface area (Å²) in [5.41, 5.74) is 1.00. The molecule has 0 fully saturated rings. The number of halogens is 2. The molecule has 0 spiro atoms. The average molecular weight is 360 g/mol. The Morgan fingerprint density at radius 3 is 2.41 bits per heavy atom. The maximum Gasteiger partial charge on any atom is 0.242 e. The first-order chi connectivity index (χ1) is 10.4. The first-order valence-electron chi connectivity index (χ1n) is 6.50. The second-order valence-electron chi connectivity index (χ2n) is 4.57. The van der Waals surface area contributed by atoms with Crippen molar-refractivity contribution in [3.05, 3.63) is 58.1 Å². The summed E-state index contributed by atoms with van der Waals surface area (Å²) in [7, 11) is -2.09. The zero-order chi connectivity index (χ0) is 16.2. The number of benzene rings is 2. The number of nitrogens with one attached hydrogen (secondary N) is 1. The summed E-state index contributed by atoms with van der Waals surface area (Å²) in [4.78, 5) is -0.0172. The van der Waals surface area contributed by atoms with E-state index in [2.05, 4.69) is 4.72 Å². The Hall–Kier alpha value is -1.27. The van der Waals surface area contributed by atoms with E-state index < -0.39 is 10.0 Å². The molecule has 0 unspecified atom stereocenters. The minimum absolute atomic E-state index is 0.0172. The van der Waals surface area contributed by atoms with Crippen molar-refractivity contribution in [1.82, 2.24) is 4.72 Å². The topological polar surface area (TPSA) is 55.4 Å². The fourth-order valence-electron chi connectivity index (χ4n) is 1.88. The lowest BCUT2D eigenvalue weighted by Gasteiger charge is -2.09. The van der Waals surface area contributed by atoms with Gasteiger partial charge in [-0.05, 0) is 42.3 Å². The Bertz CT molecular complexity index is 746. The first kappa shape index (κ1) is 17.1. The van der Waals surface area contributed by atoms with Crippen LogP contribution in [0.25, 0.3) is 0 Å². The van der Waals surface area contributed by atoms with Gasteiger partial charge in [0.15, 0.2) is 0 Å². The Kier molecular flexibility index (Phi) is 5.69. The molecule has 0 aromatic heterocycles. The van der Waals surface area contributed by atoms with Gasteiger partial charge in [-0.25, -0.2) is 13.1 Å². The second kappa shape index (κ2) is 7.33. The van der Waals surface area contributed by atoms with Gasteiger partial charge in [-0.1, -0.05) is 35.3 Å². The molecule has 0 saturated carbocycles. The van der Waals surface area contributed by atoms with Gasteiger partial charge in [0.2, 0.25) is 10.0 Å². The molecule has 2 aromatic carbocycles. The van der Waals surface area contributed by atoms with Crippen LogP contribution < -0.4 is 9.46 Å². The van der Waals surface area contributed by atoms with E-state index in [0.717, 1.165) is 11.3 Å². The van der Waals surface area contributed by atoms with Crippen molar-refractivity contribution in [3.63, 3.8) is 0 Å². The number of rotatable bonds is 6. The van der Waals surface area contributed by atoms with Crippen molar-refractivity contribution < 1.29 is 13.2 Å². The second-order valence-corrected chi connectivity index (χ2v) is 7.15. The summed E-state index contributed by atoms with van der Waals surface area (Å²) >= 11 is 11.7. The lowest BCUT2D eigenvalue weighted by Crippen LogP contribution is -2.26. The molecule has 22 heavy (non-hydrogen) atoms. The fraction of sp³-hybridized carbons (Fsp3) is 0.200. The Morgan fingerprint density at radius 2 is 1.77 bits per heavy atom. The van der Waals surface area contributed by atoms with E-state index in [4.69, 9.17) is 27.9 Å². The predicted octanol–water partition coefficient (Wildman–Crippen LogP) is 3.52. The zero-order valence-corrected chi connectivity index (χ0v) is 14.2. The molecule has 0 atom stereocenters. The highest BCUT2D eigenvalue weighted by molar-refractivity contribution is 7.89. The lowest BCUT2D eigenvalue weighted by atomic mass is 10.1. The van der Waals surface area contributed by atoms with E-state index in [-0.39, 0.29) is 16.5 Å². The largest absolute Gasteiger partial charge is 0.497 e. The Morgan fingerprint density at radius 1 is 1.09 bits per heavy atom. The van der Waals surface area contributed by atoms with Crippen LogP contribution >= 0.6 is 23.2 Å². The van der Waals surface area contributed by atoms with Crippen LogP contribution in [0.15, 0.2) is 47.4 Å². The molecule has 0 bridgehead atoms. The molecule has 1 N–H and O–H groups in total. The van der Waals surface area contributed by atoms with E-state index in [9.17, 15) is 8.42 Å². The molecule has 0 saturated heterocycles. The summed E-state index contributed by atoms with van der Waals surface area (Å²) in [5.74, 6) is 0.759. The van der Waals surface area contributed by atoms with Crippen molar-refractivity contribution in [2.75, 3.05) is 13.7 Å². The van der Waals surface area contributed by atoms with Crippen LogP contribution in [0.4, 0.5) is 0 Å². The monoisotopic (exact) mass is 359 g/mol. The van der Waals surface area contributed by atoms with E-state index in [0.29, 0.717) is 11.4 Å². The highest BCUT2D eigenvalue weighted by Crippen LogP contribution is 2.24. The predicted molar refractivity (Wildman–Crippen MR) is 88.3 cm³/mol. The molecule has 118 valence electrons. The fourth-order valence-corrected chi connectivity index (χ4v) is 3.68. The Balaban J connectivity index is 2.01. The maximum absolute atomic E-state index is 12.2. The summed E-state index contributed by atoms with van der Waals surface area (Å²) in [6, 6.07) is 11.8. The van der Waals surface area contributed by atoms with Gasteiger partial charge in [0.1, 0.15) is 10.6 Å². The van der Waals surface area contributed by atoms with Gasteiger partial charge in [-0.3, -0.25) is 0 Å². The molecule has 4 nitrogen and oxygen atoms in total. The number of methoxy groups -OCH3 is 1. The minimum Gasteiger partial charge on any atom is -0.497 e. The van der Waals surface area contributed by atoms with Crippen molar-refractivity contribution in [2.24, 2.45) is 0 Å². The number of sulfonamides is 1. The van der Waals surface area contributed by atoms with Crippen LogP contribution in [0.3, 0.4) is 0 Å². The van der Waals surface area contributed by atoms with Crippen LogP contribution in [0.5, 0.6) is 5.75 Å². The van der Waals surface area contributed by atoms with E-state index >= 15 is 0 Å². The van der Waals surface area contributed by atoms with Gasteiger partial charge in [0, 0.05) is 11.6 Å². The third-order valence-corrected chi connectivity index (χ3v) is 5.23. The average Bonchev–Trinajstić information content (AvgIpc) is 2.50. The van der Waals surface area contributed by atoms with Gasteiger partial charge in [-0.15, -0.1) is 0 Å². The van der Waals surface area contributed by atoms with Gasteiger partial charge in [0.25, 0.3) is 0 Å². The van der Waals surface area contributed by atoms with Crippen molar-refractivity contribution in [1.29, 1.82) is 0 Å². The maximum atomic E-state index is 12.2. The van der Waals surface area contributed by atoms with Crippen molar-refractivity contribution in [2.45, 2.75) is 11.3 Å². The summed E-state index contributed by atoms with van der Waals surface area (Å²) in [6.45, 7) is 0.261. The number of hydrogen-bond acceptors (Lipinski definition) is 3. The highest BCUT2D eigenvalue weighted by atomic mass is 35.5. The quantitative estimate of drug-likeness (QED) is 0.858. The molecule has 7 heteroatoms. The van der Waals surface area contributed by atoms with E-state index in [1.165, 1.54) is 12.1 Å². The summed E-state index contributed by atoms with van der Waals surface area (Å²) < 4.78 is 32.0. The molecule has 0 radical (unpaired) electrons. The standard InChI is InChI=1S/C15H15Cl2NO3S/c1-21-13-5-2-11(3-6-13)8-9-18-22(19,20)15-10-12(16)4-7-14(15)17/h2-7,10,18H,8-9H2,1H3. The minimum atomic E-state index is -3.69. The van der Waals surface area contributed by atoms with Gasteiger partial charge in [0.05, 0.1) is 12.1 Å². The van der Waals surface area contributed by atoms with Crippen molar-refractivity contribution in [3.8, 4) is 5.75 Å². The molecular weight excluding hydrogens is 345 g/mol. The van der Waals surface area contributed by atoms with Crippen molar-refractivity contribution >= 4 is 33.2 Å². The zero-order valence-electron chi connectivity index (χ0n) is 11.8. The first-order valence-corrected chi connectivity index (χ1v) is 8.74. The van der Waals surface area contributed by atoms with Crippen LogP contribution in [0.1, 0.15) is 5.56 Å². The smallest absolute Gasteiger partial charge is 0.242 e. The molecule has 0 aliphatic heterocycles. The van der Waals surface area contributed by atoms with Crippen LogP contribution in [-0.4, -0.2) is 22.1 Å². The van der Waals surface area contributed by atoms with Gasteiger partial charge < -0.3 is 4.74 Å². The molecule has 0 aliphatic rings. The number of hydrogen-bond donors (Lipinski definition) is 1. The summed E-state index contributed by atoms with van der Waals surface area (Å²) in [5, 5.41) is 0.460. The highest BCUT2D eigenvalue weighted by Gasteiger charge is 2.17. The Labute approximate surface area is 140 Å². The van der Waals surface area contributed by atoms with Crippen LogP contribution in [0.2, 0.25) is 10.0 Å². The lowest BCUT2D eigenvalue weighted by molar-refractivity contribution is 0.414. The third kappa shape index (κ3) is 4.36. The molecular formula is C15H15Cl2NO3S. The molecule has 0 amide bonds. The van der Waals surface area contributed by atoms with Crippen LogP contribution in [-0.2, 0) is 16.4 Å². The van der Waals surface area contributed by atoms with E-state index in [1.54, 1.807) is 13.2 Å². The van der Waals surface area contributed by atoms with Crippen LogP contribution in [0, 0.1) is 0 Å².